The first-order valence-corrected chi connectivity index (χ1v) is 2.53. The summed E-state index contributed by atoms with van der Waals surface area (Å²) < 4.78 is 0. The summed E-state index contributed by atoms with van der Waals surface area (Å²) >= 11 is 0. The third-order valence-corrected chi connectivity index (χ3v) is 0.909. The minimum absolute atomic E-state index is 0. The van der Waals surface area contributed by atoms with E-state index in [2.05, 4.69) is 22.5 Å². The zero-order valence-electron chi connectivity index (χ0n) is 6.41. The smallest absolute Gasteiger partial charge is 0 e. The molecule has 0 saturated carbocycles. The van der Waals surface area contributed by atoms with Gasteiger partial charge in [-0.3, -0.25) is 6.20 Å². The van der Waals surface area contributed by atoms with Crippen molar-refractivity contribution in [1.29, 1.82) is 0 Å². The van der Waals surface area contributed by atoms with Crippen LogP contribution in [-0.4, -0.2) is 9.97 Å². The van der Waals surface area contributed by atoms with Gasteiger partial charge in [0.2, 0.25) is 0 Å². The van der Waals surface area contributed by atoms with Crippen molar-refractivity contribution in [2.45, 2.75) is 13.3 Å². The van der Waals surface area contributed by atoms with E-state index in [0.717, 1.165) is 12.0 Å². The van der Waals surface area contributed by atoms with Gasteiger partial charge in [-0.2, -0.15) is 6.33 Å². The number of rotatable bonds is 1. The summed E-state index contributed by atoms with van der Waals surface area (Å²) in [6, 6.07) is 0. The third kappa shape index (κ3) is 8.71. The van der Waals surface area contributed by atoms with Crippen LogP contribution in [0.4, 0.5) is 0 Å². The SMILES string of the molecule is CCc1[c-]n[c-]nc1.[Y].[Y].[Y]. The summed E-state index contributed by atoms with van der Waals surface area (Å²) in [5.41, 5.74) is 1.03. The van der Waals surface area contributed by atoms with Gasteiger partial charge in [0.05, 0.1) is 0 Å². The van der Waals surface area contributed by atoms with E-state index in [9.17, 15) is 0 Å². The van der Waals surface area contributed by atoms with E-state index in [1.54, 1.807) is 6.20 Å². The van der Waals surface area contributed by atoms with Gasteiger partial charge < -0.3 is 9.97 Å². The molecule has 3 radical (unpaired) electrons. The predicted octanol–water partition coefficient (Wildman–Crippen LogP) is 0.632. The van der Waals surface area contributed by atoms with Crippen molar-refractivity contribution in [3.05, 3.63) is 24.3 Å². The molecule has 0 bridgehead atoms. The van der Waals surface area contributed by atoms with Crippen molar-refractivity contribution in [3.63, 3.8) is 0 Å². The number of aryl methyl sites for hydroxylation is 1. The van der Waals surface area contributed by atoms with Crippen LogP contribution in [0.2, 0.25) is 0 Å². The Hall–Kier alpha value is 2.39. The molecule has 0 atom stereocenters. The number of aromatic nitrogens is 2. The Labute approximate surface area is 143 Å². The molecular weight excluding hydrogens is 367 g/mol. The molecule has 0 saturated heterocycles. The van der Waals surface area contributed by atoms with Crippen LogP contribution in [0.25, 0.3) is 0 Å². The van der Waals surface area contributed by atoms with Crippen LogP contribution in [0.3, 0.4) is 0 Å². The molecule has 5 heteroatoms. The molecule has 0 spiro atoms. The first kappa shape index (κ1) is 19.0. The first-order chi connectivity index (χ1) is 3.93. The van der Waals surface area contributed by atoms with Gasteiger partial charge in [0.1, 0.15) is 0 Å². The maximum atomic E-state index is 3.69. The predicted molar refractivity (Wildman–Crippen MR) is 29.1 cm³/mol. The van der Waals surface area contributed by atoms with Crippen molar-refractivity contribution >= 4 is 0 Å². The van der Waals surface area contributed by atoms with Gasteiger partial charge in [-0.1, -0.05) is 13.3 Å². The van der Waals surface area contributed by atoms with Crippen LogP contribution in [0.5, 0.6) is 0 Å². The Morgan fingerprint density at radius 2 is 2.00 bits per heavy atom. The first-order valence-electron chi connectivity index (χ1n) is 2.53. The van der Waals surface area contributed by atoms with Gasteiger partial charge in [-0.25, -0.2) is 11.8 Å². The molecule has 1 aromatic rings. The Morgan fingerprint density at radius 3 is 2.27 bits per heavy atom. The average molecular weight is 373 g/mol. The summed E-state index contributed by atoms with van der Waals surface area (Å²) in [7, 11) is 0. The molecule has 1 rings (SSSR count). The molecule has 0 aliphatic carbocycles. The molecule has 0 aromatic carbocycles. The second kappa shape index (κ2) is 12.4. The van der Waals surface area contributed by atoms with E-state index in [1.807, 2.05) is 6.92 Å². The summed E-state index contributed by atoms with van der Waals surface area (Å²) in [4.78, 5) is 7.28. The molecule has 0 fully saturated rings. The molecule has 0 amide bonds. The standard InChI is InChI=1S/C6H6N2.3Y/c1-2-6-3-7-5-8-4-6;;;/h3H,2H2,1H3;;;/q-2;;;. The van der Waals surface area contributed by atoms with Crippen molar-refractivity contribution in [2.24, 2.45) is 0 Å². The fourth-order valence-electron chi connectivity index (χ4n) is 0.432. The molecule has 1 heterocycles. The second-order valence-electron chi connectivity index (χ2n) is 1.46. The van der Waals surface area contributed by atoms with Crippen molar-refractivity contribution in [2.75, 3.05) is 0 Å². The van der Waals surface area contributed by atoms with E-state index >= 15 is 0 Å². The molecule has 1 aromatic heterocycles. The van der Waals surface area contributed by atoms with Crippen LogP contribution in [0, 0.1) is 12.5 Å². The van der Waals surface area contributed by atoms with E-state index in [0.29, 0.717) is 0 Å². The Morgan fingerprint density at radius 1 is 1.36 bits per heavy atom. The Balaban J connectivity index is -0.000000213. The number of hydrogen-bond acceptors (Lipinski definition) is 2. The average Bonchev–Trinajstić information content (AvgIpc) is 1.90. The van der Waals surface area contributed by atoms with Crippen LogP contribution in [0.15, 0.2) is 6.20 Å². The van der Waals surface area contributed by atoms with E-state index in [1.165, 1.54) is 0 Å². The molecule has 0 unspecified atom stereocenters. The molecule has 0 N–H and O–H groups in total. The summed E-state index contributed by atoms with van der Waals surface area (Å²) in [6.45, 7) is 2.04. The fraction of sp³-hybridized carbons (Fsp3) is 0.333. The van der Waals surface area contributed by atoms with Gasteiger partial charge in [0.25, 0.3) is 0 Å². The van der Waals surface area contributed by atoms with Gasteiger partial charge in [-0.15, -0.1) is 0 Å². The summed E-state index contributed by atoms with van der Waals surface area (Å²) in [5, 5.41) is 0. The maximum Gasteiger partial charge on any atom is 0 e. The fourth-order valence-corrected chi connectivity index (χ4v) is 0.432. The number of hydrogen-bond donors (Lipinski definition) is 0. The molecule has 0 aliphatic rings. The summed E-state index contributed by atoms with van der Waals surface area (Å²) in [6.07, 6.45) is 7.82. The van der Waals surface area contributed by atoms with Gasteiger partial charge in [-0.05, 0) is 0 Å². The zero-order chi connectivity index (χ0) is 5.82. The largest absolute Gasteiger partial charge is 0.524 e. The summed E-state index contributed by atoms with van der Waals surface area (Å²) in [5.74, 6) is 0. The minimum atomic E-state index is 0. The van der Waals surface area contributed by atoms with E-state index in [4.69, 9.17) is 0 Å². The molecular formula is C6H6N2Y3-2. The topological polar surface area (TPSA) is 25.8 Å². The van der Waals surface area contributed by atoms with Crippen molar-refractivity contribution in [1.82, 2.24) is 9.97 Å². The Bertz CT molecular complexity index is 157. The van der Waals surface area contributed by atoms with Gasteiger partial charge >= 0.3 is 0 Å². The normalized spacial score (nSPS) is 6.64. The maximum absolute atomic E-state index is 3.69. The monoisotopic (exact) mass is 373 g/mol. The van der Waals surface area contributed by atoms with E-state index in [-0.39, 0.29) is 98.1 Å². The molecule has 11 heavy (non-hydrogen) atoms. The Kier molecular flexibility index (Phi) is 21.5. The third-order valence-electron chi connectivity index (χ3n) is 0.909. The van der Waals surface area contributed by atoms with Crippen LogP contribution in [-0.2, 0) is 105 Å². The van der Waals surface area contributed by atoms with E-state index < -0.39 is 0 Å². The molecule has 51 valence electrons. The van der Waals surface area contributed by atoms with Gasteiger partial charge in [0, 0.05) is 98.1 Å². The minimum Gasteiger partial charge on any atom is -0.524 e. The van der Waals surface area contributed by atoms with Crippen molar-refractivity contribution < 1.29 is 98.1 Å². The van der Waals surface area contributed by atoms with Crippen LogP contribution in [0.1, 0.15) is 12.5 Å². The van der Waals surface area contributed by atoms with Crippen molar-refractivity contribution in [3.8, 4) is 0 Å². The zero-order valence-corrected chi connectivity index (χ0v) is 14.9. The van der Waals surface area contributed by atoms with Crippen LogP contribution >= 0.6 is 0 Å². The van der Waals surface area contributed by atoms with Gasteiger partial charge in [0.15, 0.2) is 0 Å². The van der Waals surface area contributed by atoms with Crippen LogP contribution < -0.4 is 0 Å². The second-order valence-corrected chi connectivity index (χ2v) is 1.46. The number of nitrogens with zero attached hydrogens (tertiary/aromatic N) is 2. The molecule has 0 aliphatic heterocycles. The molecule has 2 nitrogen and oxygen atoms in total. The quantitative estimate of drug-likeness (QED) is 0.676.